The second-order valence-electron chi connectivity index (χ2n) is 15.2. The molecule has 0 N–H and O–H groups in total. The lowest BCUT2D eigenvalue weighted by atomic mass is 9.82. The second-order valence-corrected chi connectivity index (χ2v) is 15.2. The van der Waals surface area contributed by atoms with Crippen molar-refractivity contribution in [2.24, 2.45) is 0 Å². The highest BCUT2D eigenvalue weighted by Gasteiger charge is 2.37. The van der Waals surface area contributed by atoms with Crippen LogP contribution in [0.4, 0.5) is 0 Å². The molecule has 262 valence electrons. The molecule has 0 unspecified atom stereocenters. The molecule has 3 heterocycles. The third-order valence-electron chi connectivity index (χ3n) is 11.8. The van der Waals surface area contributed by atoms with Gasteiger partial charge in [-0.05, 0) is 77.2 Å². The van der Waals surface area contributed by atoms with Crippen LogP contribution in [0, 0.1) is 0 Å². The van der Waals surface area contributed by atoms with Crippen LogP contribution in [-0.4, -0.2) is 14.5 Å². The van der Waals surface area contributed by atoms with E-state index in [-0.39, 0.29) is 5.41 Å². The molecule has 11 rings (SSSR count). The van der Waals surface area contributed by atoms with Gasteiger partial charge in [0.05, 0.1) is 22.4 Å². The first-order chi connectivity index (χ1) is 27.0. The Morgan fingerprint density at radius 3 is 1.89 bits per heavy atom. The topological polar surface area (TPSA) is 43.9 Å². The van der Waals surface area contributed by atoms with Crippen LogP contribution in [0.2, 0.25) is 0 Å². The van der Waals surface area contributed by atoms with Crippen molar-refractivity contribution in [2.45, 2.75) is 32.6 Å². The molecule has 1 aliphatic carbocycles. The van der Waals surface area contributed by atoms with Gasteiger partial charge in [-0.25, -0.2) is 9.97 Å². The molecular formula is C51H37N3O. The normalized spacial score (nSPS) is 13.2. The number of aromatic nitrogens is 3. The fourth-order valence-electron chi connectivity index (χ4n) is 9.09. The molecule has 0 atom stereocenters. The minimum absolute atomic E-state index is 0.214. The van der Waals surface area contributed by atoms with Crippen molar-refractivity contribution in [3.05, 3.63) is 174 Å². The van der Waals surface area contributed by atoms with Gasteiger partial charge in [0.25, 0.3) is 0 Å². The van der Waals surface area contributed by atoms with E-state index in [2.05, 4.69) is 159 Å². The maximum Gasteiger partial charge on any atom is 0.160 e. The largest absolute Gasteiger partial charge is 0.456 e. The number of hydrogen-bond acceptors (Lipinski definition) is 3. The van der Waals surface area contributed by atoms with Crippen LogP contribution < -0.4 is 0 Å². The van der Waals surface area contributed by atoms with Crippen LogP contribution in [0.3, 0.4) is 0 Å². The van der Waals surface area contributed by atoms with Crippen molar-refractivity contribution < 1.29 is 4.42 Å². The Balaban J connectivity index is 1.13. The third-order valence-corrected chi connectivity index (χ3v) is 11.8. The highest BCUT2D eigenvalue weighted by Crippen LogP contribution is 2.53. The van der Waals surface area contributed by atoms with Crippen molar-refractivity contribution in [1.82, 2.24) is 14.5 Å². The third kappa shape index (κ3) is 4.71. The molecule has 0 bridgehead atoms. The van der Waals surface area contributed by atoms with Gasteiger partial charge < -0.3 is 8.98 Å². The van der Waals surface area contributed by atoms with E-state index in [9.17, 15) is 0 Å². The van der Waals surface area contributed by atoms with Gasteiger partial charge in [-0.3, -0.25) is 0 Å². The van der Waals surface area contributed by atoms with E-state index in [1.165, 1.54) is 49.4 Å². The Bertz CT molecular complexity index is 3150. The Morgan fingerprint density at radius 2 is 1.13 bits per heavy atom. The first-order valence-corrected chi connectivity index (χ1v) is 19.1. The molecule has 4 heteroatoms. The average molecular weight is 708 g/mol. The molecule has 0 saturated heterocycles. The van der Waals surface area contributed by atoms with Crippen LogP contribution in [0.15, 0.2) is 162 Å². The molecule has 0 fully saturated rings. The van der Waals surface area contributed by atoms with Gasteiger partial charge >= 0.3 is 0 Å². The van der Waals surface area contributed by atoms with Crippen LogP contribution in [-0.2, 0) is 11.8 Å². The van der Waals surface area contributed by atoms with E-state index in [4.69, 9.17) is 14.4 Å². The average Bonchev–Trinajstić information content (AvgIpc) is 3.84. The van der Waals surface area contributed by atoms with Crippen molar-refractivity contribution in [1.29, 1.82) is 0 Å². The molecule has 0 radical (unpaired) electrons. The summed E-state index contributed by atoms with van der Waals surface area (Å²) in [5.41, 5.74) is 16.6. The summed E-state index contributed by atoms with van der Waals surface area (Å²) >= 11 is 0. The molecule has 1 aliphatic rings. The van der Waals surface area contributed by atoms with Crippen LogP contribution >= 0.6 is 0 Å². The van der Waals surface area contributed by atoms with Gasteiger partial charge in [0.15, 0.2) is 5.82 Å². The molecule has 55 heavy (non-hydrogen) atoms. The number of nitrogens with zero attached hydrogens (tertiary/aromatic N) is 3. The van der Waals surface area contributed by atoms with Gasteiger partial charge in [-0.2, -0.15) is 0 Å². The predicted molar refractivity (Wildman–Crippen MR) is 227 cm³/mol. The fraction of sp³-hybridized carbons (Fsp3) is 0.0980. The predicted octanol–water partition coefficient (Wildman–Crippen LogP) is 13.3. The lowest BCUT2D eigenvalue weighted by molar-refractivity contribution is 0.647. The molecule has 0 aliphatic heterocycles. The smallest absolute Gasteiger partial charge is 0.160 e. The molecular weight excluding hydrogens is 671 g/mol. The summed E-state index contributed by atoms with van der Waals surface area (Å²) in [5.74, 6) is 0.728. The van der Waals surface area contributed by atoms with E-state index in [0.717, 1.165) is 68.1 Å². The van der Waals surface area contributed by atoms with Gasteiger partial charge in [0.2, 0.25) is 0 Å². The number of furan rings is 1. The van der Waals surface area contributed by atoms with Gasteiger partial charge in [0.1, 0.15) is 11.2 Å². The molecule has 0 amide bonds. The lowest BCUT2D eigenvalue weighted by Gasteiger charge is -2.22. The molecule has 3 aromatic heterocycles. The molecule has 4 nitrogen and oxygen atoms in total. The summed E-state index contributed by atoms with van der Waals surface area (Å²) in [6.45, 7) is 6.90. The summed E-state index contributed by atoms with van der Waals surface area (Å²) in [5, 5.41) is 4.81. The van der Waals surface area contributed by atoms with Crippen molar-refractivity contribution in [3.63, 3.8) is 0 Å². The van der Waals surface area contributed by atoms with E-state index < -0.39 is 0 Å². The highest BCUT2D eigenvalue weighted by molar-refractivity contribution is 6.13. The standard InChI is InChI=1S/C51H37N3O/c1-4-35-48(31-16-7-5-8-17-31)52-50(32-18-9-6-10-19-32)53-49(35)33-20-15-21-34(26-33)54-44-24-13-11-22-36(44)40-27-38-39-28-41-37-23-12-14-25-46(37)55-47(41)30-43(39)51(2,3)42(38)29-45(40)54/h5-30H,4H2,1-3H3. The van der Waals surface area contributed by atoms with Crippen molar-refractivity contribution in [3.8, 4) is 50.7 Å². The summed E-state index contributed by atoms with van der Waals surface area (Å²) in [6, 6.07) is 56.4. The Hall–Kier alpha value is -6.78. The van der Waals surface area contributed by atoms with Crippen molar-refractivity contribution >= 4 is 43.7 Å². The summed E-state index contributed by atoms with van der Waals surface area (Å²) in [7, 11) is 0. The minimum Gasteiger partial charge on any atom is -0.456 e. The fourth-order valence-corrected chi connectivity index (χ4v) is 9.09. The number of benzene rings is 7. The number of fused-ring (bicyclic) bond motifs is 9. The maximum atomic E-state index is 6.38. The van der Waals surface area contributed by atoms with E-state index in [1.807, 2.05) is 24.3 Å². The Morgan fingerprint density at radius 1 is 0.509 bits per heavy atom. The zero-order valence-electron chi connectivity index (χ0n) is 31.0. The first-order valence-electron chi connectivity index (χ1n) is 19.1. The van der Waals surface area contributed by atoms with E-state index in [1.54, 1.807) is 0 Å². The molecule has 10 aromatic rings. The van der Waals surface area contributed by atoms with Gasteiger partial charge in [-0.15, -0.1) is 0 Å². The van der Waals surface area contributed by atoms with Crippen LogP contribution in [0.1, 0.15) is 37.5 Å². The van der Waals surface area contributed by atoms with E-state index in [0.29, 0.717) is 0 Å². The monoisotopic (exact) mass is 707 g/mol. The Labute approximate surface area is 319 Å². The number of rotatable bonds is 5. The molecule has 7 aromatic carbocycles. The summed E-state index contributed by atoms with van der Waals surface area (Å²) in [6.07, 6.45) is 0.802. The van der Waals surface area contributed by atoms with Gasteiger partial charge in [-0.1, -0.05) is 130 Å². The summed E-state index contributed by atoms with van der Waals surface area (Å²) in [4.78, 5) is 10.5. The zero-order valence-corrected chi connectivity index (χ0v) is 31.0. The number of hydrogen-bond donors (Lipinski definition) is 0. The quantitative estimate of drug-likeness (QED) is 0.179. The Kier molecular flexibility index (Phi) is 6.84. The SMILES string of the molecule is CCc1c(-c2ccccc2)nc(-c2ccccc2)nc1-c1cccc(-n2c3ccccc3c3cc4c(cc32)C(C)(C)c2cc3oc5ccccc5c3cc2-4)c1. The van der Waals surface area contributed by atoms with Crippen LogP contribution in [0.25, 0.3) is 94.5 Å². The maximum absolute atomic E-state index is 6.38. The molecule has 0 saturated carbocycles. The first kappa shape index (κ1) is 31.7. The van der Waals surface area contributed by atoms with Gasteiger partial charge in [0, 0.05) is 54.9 Å². The van der Waals surface area contributed by atoms with Crippen molar-refractivity contribution in [2.75, 3.05) is 0 Å². The minimum atomic E-state index is -0.214. The zero-order chi connectivity index (χ0) is 36.8. The van der Waals surface area contributed by atoms with E-state index >= 15 is 0 Å². The second kappa shape index (κ2) is 11.9. The highest BCUT2D eigenvalue weighted by atomic mass is 16.3. The number of para-hydroxylation sites is 2. The lowest BCUT2D eigenvalue weighted by Crippen LogP contribution is -2.15. The van der Waals surface area contributed by atoms with Crippen LogP contribution in [0.5, 0.6) is 0 Å². The summed E-state index contributed by atoms with van der Waals surface area (Å²) < 4.78 is 8.82. The molecule has 0 spiro atoms.